The molecule has 5 rings (SSSR count). The minimum atomic E-state index is -3.95. The number of carbonyl (C=O) groups excluding carboxylic acids is 2. The third-order valence-electron chi connectivity index (χ3n) is 6.87. The highest BCUT2D eigenvalue weighted by Crippen LogP contribution is 2.31. The van der Waals surface area contributed by atoms with Gasteiger partial charge in [0.25, 0.3) is 15.9 Å². The summed E-state index contributed by atoms with van der Waals surface area (Å²) in [5, 5.41) is 2.65. The van der Waals surface area contributed by atoms with E-state index in [9.17, 15) is 18.0 Å². The predicted octanol–water partition coefficient (Wildman–Crippen LogP) is 3.56. The Bertz CT molecular complexity index is 1400. The summed E-state index contributed by atoms with van der Waals surface area (Å²) in [5.41, 5.74) is 0.555. The summed E-state index contributed by atoms with van der Waals surface area (Å²) in [6, 6.07) is 21.4. The Labute approximate surface area is 228 Å². The van der Waals surface area contributed by atoms with Crippen molar-refractivity contribution in [3.8, 4) is 11.5 Å². The molecule has 1 saturated carbocycles. The summed E-state index contributed by atoms with van der Waals surface area (Å²) >= 11 is 0. The van der Waals surface area contributed by atoms with Crippen LogP contribution in [-0.2, 0) is 14.8 Å². The molecule has 0 unspecified atom stereocenters. The van der Waals surface area contributed by atoms with E-state index in [0.29, 0.717) is 24.6 Å². The molecule has 0 aromatic heterocycles. The minimum Gasteiger partial charge on any atom is -0.455 e. The fourth-order valence-electron chi connectivity index (χ4n) is 4.46. The lowest BCUT2D eigenvalue weighted by atomic mass is 10.2. The van der Waals surface area contributed by atoms with Gasteiger partial charge in [0.15, 0.2) is 5.75 Å². The maximum atomic E-state index is 13.0. The first kappa shape index (κ1) is 26.7. The van der Waals surface area contributed by atoms with Gasteiger partial charge in [0.05, 0.1) is 17.1 Å². The molecule has 204 valence electrons. The summed E-state index contributed by atoms with van der Waals surface area (Å²) in [6.07, 6.45) is 2.62. The van der Waals surface area contributed by atoms with Crippen LogP contribution in [0.5, 0.6) is 11.5 Å². The van der Waals surface area contributed by atoms with Crippen LogP contribution in [0.15, 0.2) is 83.8 Å². The molecule has 0 atom stereocenters. The van der Waals surface area contributed by atoms with Crippen molar-refractivity contribution in [3.05, 3.63) is 84.4 Å². The molecule has 2 N–H and O–H groups in total. The van der Waals surface area contributed by atoms with Gasteiger partial charge < -0.3 is 15.0 Å². The highest BCUT2D eigenvalue weighted by atomic mass is 32.2. The number of ether oxygens (including phenoxy) is 1. The quantitative estimate of drug-likeness (QED) is 0.401. The van der Waals surface area contributed by atoms with Crippen molar-refractivity contribution in [1.29, 1.82) is 0 Å². The van der Waals surface area contributed by atoms with Gasteiger partial charge >= 0.3 is 0 Å². The van der Waals surface area contributed by atoms with E-state index in [-0.39, 0.29) is 28.6 Å². The van der Waals surface area contributed by atoms with Crippen molar-refractivity contribution in [2.24, 2.45) is 5.92 Å². The van der Waals surface area contributed by atoms with Gasteiger partial charge in [-0.3, -0.25) is 19.2 Å². The van der Waals surface area contributed by atoms with Crippen molar-refractivity contribution < 1.29 is 22.7 Å². The average Bonchev–Trinajstić information content (AvgIpc) is 3.77. The Hall–Kier alpha value is -3.89. The van der Waals surface area contributed by atoms with E-state index in [2.05, 4.69) is 14.9 Å². The molecular weight excluding hydrogens is 516 g/mol. The highest BCUT2D eigenvalue weighted by Gasteiger charge is 2.27. The zero-order valence-corrected chi connectivity index (χ0v) is 22.4. The number of carbonyl (C=O) groups is 2. The topological polar surface area (TPSA) is 108 Å². The van der Waals surface area contributed by atoms with Crippen LogP contribution in [0.3, 0.4) is 0 Å². The molecule has 1 aliphatic carbocycles. The number of nitrogens with one attached hydrogen (secondary N) is 2. The number of para-hydroxylation sites is 3. The van der Waals surface area contributed by atoms with Crippen LogP contribution in [0, 0.1) is 5.92 Å². The summed E-state index contributed by atoms with van der Waals surface area (Å²) in [6.45, 7) is 4.09. The van der Waals surface area contributed by atoms with Crippen LogP contribution >= 0.6 is 0 Å². The average molecular weight is 549 g/mol. The summed E-state index contributed by atoms with van der Waals surface area (Å²) in [5.74, 6) is 1.21. The normalized spacial score (nSPS) is 15.9. The van der Waals surface area contributed by atoms with E-state index in [1.807, 2.05) is 18.2 Å². The lowest BCUT2D eigenvalue weighted by Gasteiger charge is -2.34. The smallest absolute Gasteiger partial charge is 0.262 e. The monoisotopic (exact) mass is 548 g/mol. The molecule has 39 heavy (non-hydrogen) atoms. The van der Waals surface area contributed by atoms with Crippen LogP contribution < -0.4 is 14.8 Å². The summed E-state index contributed by atoms with van der Waals surface area (Å²) in [7, 11) is -3.95. The van der Waals surface area contributed by atoms with Crippen LogP contribution in [0.4, 0.5) is 5.69 Å². The Balaban J connectivity index is 1.15. The molecule has 2 amide bonds. The number of rotatable bonds is 10. The maximum absolute atomic E-state index is 13.0. The number of benzene rings is 3. The Morgan fingerprint density at radius 2 is 1.51 bits per heavy atom. The fraction of sp³-hybridized carbons (Fsp3) is 0.310. The molecule has 1 saturated heterocycles. The molecule has 2 aliphatic rings. The molecule has 10 heteroatoms. The van der Waals surface area contributed by atoms with Gasteiger partial charge in [-0.15, -0.1) is 0 Å². The van der Waals surface area contributed by atoms with Crippen molar-refractivity contribution >= 4 is 27.5 Å². The van der Waals surface area contributed by atoms with Gasteiger partial charge in [0.2, 0.25) is 5.91 Å². The number of amides is 2. The second-order valence-electron chi connectivity index (χ2n) is 9.85. The molecular formula is C29H32N4O5S. The first-order valence-corrected chi connectivity index (χ1v) is 14.6. The van der Waals surface area contributed by atoms with Gasteiger partial charge in [-0.1, -0.05) is 30.3 Å². The summed E-state index contributed by atoms with van der Waals surface area (Å²) < 4.78 is 34.5. The van der Waals surface area contributed by atoms with E-state index in [1.165, 1.54) is 37.1 Å². The second kappa shape index (κ2) is 11.9. The highest BCUT2D eigenvalue weighted by molar-refractivity contribution is 7.92. The van der Waals surface area contributed by atoms with Crippen LogP contribution in [0.1, 0.15) is 23.2 Å². The van der Waals surface area contributed by atoms with Gasteiger partial charge in [-0.2, -0.15) is 0 Å². The van der Waals surface area contributed by atoms with Crippen LogP contribution in [-0.4, -0.2) is 69.3 Å². The molecule has 0 spiro atoms. The standard InChI is InChI=1S/C29H32N4O5S/c34-28(33-18-16-32(17-19-33)21-22-10-11-22)20-30-29(35)23-12-14-25(15-13-23)39(36,37)31-26-8-4-5-9-27(26)38-24-6-2-1-3-7-24/h1-9,12-15,22,31H,10-11,16-21H2,(H,30,35). The third kappa shape index (κ3) is 7.15. The van der Waals surface area contributed by atoms with E-state index in [1.54, 1.807) is 41.3 Å². The maximum Gasteiger partial charge on any atom is 0.262 e. The van der Waals surface area contributed by atoms with Gasteiger partial charge in [0.1, 0.15) is 5.75 Å². The Morgan fingerprint density at radius 1 is 0.846 bits per heavy atom. The van der Waals surface area contributed by atoms with Gasteiger partial charge in [-0.05, 0) is 67.3 Å². The first-order valence-electron chi connectivity index (χ1n) is 13.1. The predicted molar refractivity (Wildman–Crippen MR) is 148 cm³/mol. The first-order chi connectivity index (χ1) is 18.9. The molecule has 3 aromatic carbocycles. The fourth-order valence-corrected chi connectivity index (χ4v) is 5.53. The molecule has 1 heterocycles. The Kier molecular flexibility index (Phi) is 8.13. The van der Waals surface area contributed by atoms with Crippen LogP contribution in [0.2, 0.25) is 0 Å². The minimum absolute atomic E-state index is 0.00582. The molecule has 9 nitrogen and oxygen atoms in total. The number of hydrogen-bond acceptors (Lipinski definition) is 6. The third-order valence-corrected chi connectivity index (χ3v) is 8.25. The lowest BCUT2D eigenvalue weighted by molar-refractivity contribution is -0.131. The van der Waals surface area contributed by atoms with Gasteiger partial charge in [-0.25, -0.2) is 8.42 Å². The largest absolute Gasteiger partial charge is 0.455 e. The molecule has 2 fully saturated rings. The number of piperazine rings is 1. The van der Waals surface area contributed by atoms with Crippen LogP contribution in [0.25, 0.3) is 0 Å². The van der Waals surface area contributed by atoms with E-state index >= 15 is 0 Å². The lowest BCUT2D eigenvalue weighted by Crippen LogP contribution is -2.51. The number of nitrogens with zero attached hydrogens (tertiary/aromatic N) is 2. The van der Waals surface area contributed by atoms with E-state index < -0.39 is 15.9 Å². The number of sulfonamides is 1. The molecule has 0 bridgehead atoms. The van der Waals surface area contributed by atoms with Gasteiger partial charge in [0, 0.05) is 38.3 Å². The van der Waals surface area contributed by atoms with Crippen molar-refractivity contribution in [1.82, 2.24) is 15.1 Å². The molecule has 3 aromatic rings. The number of anilines is 1. The second-order valence-corrected chi connectivity index (χ2v) is 11.5. The zero-order valence-electron chi connectivity index (χ0n) is 21.6. The summed E-state index contributed by atoms with van der Waals surface area (Å²) in [4.78, 5) is 29.4. The molecule has 1 aliphatic heterocycles. The SMILES string of the molecule is O=C(NCC(=O)N1CCN(CC2CC2)CC1)c1ccc(S(=O)(=O)Nc2ccccc2Oc2ccccc2)cc1. The van der Waals surface area contributed by atoms with Crippen molar-refractivity contribution in [2.75, 3.05) is 44.0 Å². The van der Waals surface area contributed by atoms with Crippen molar-refractivity contribution in [2.45, 2.75) is 17.7 Å². The van der Waals surface area contributed by atoms with E-state index in [4.69, 9.17) is 4.74 Å². The Morgan fingerprint density at radius 3 is 2.21 bits per heavy atom. The zero-order chi connectivity index (χ0) is 27.2. The van der Waals surface area contributed by atoms with Crippen molar-refractivity contribution in [3.63, 3.8) is 0 Å². The van der Waals surface area contributed by atoms with E-state index in [0.717, 1.165) is 25.6 Å². The molecule has 0 radical (unpaired) electrons. The number of hydrogen-bond donors (Lipinski definition) is 2.